The summed E-state index contributed by atoms with van der Waals surface area (Å²) in [6.07, 6.45) is -7.29. The molecule has 0 spiro atoms. The van der Waals surface area contributed by atoms with Gasteiger partial charge in [0.2, 0.25) is 0 Å². The summed E-state index contributed by atoms with van der Waals surface area (Å²) in [5, 5.41) is 12.4. The lowest BCUT2D eigenvalue weighted by molar-refractivity contribution is -0.139. The van der Waals surface area contributed by atoms with Gasteiger partial charge in [-0.25, -0.2) is 0 Å². The minimum absolute atomic E-state index is 0.0766. The summed E-state index contributed by atoms with van der Waals surface area (Å²) in [7, 11) is 1.13. The van der Waals surface area contributed by atoms with Crippen molar-refractivity contribution in [3.63, 3.8) is 0 Å². The zero-order valence-electron chi connectivity index (χ0n) is 14.9. The third-order valence-electron chi connectivity index (χ3n) is 4.34. The van der Waals surface area contributed by atoms with E-state index in [1.807, 2.05) is 0 Å². The first kappa shape index (κ1) is 21.4. The van der Waals surface area contributed by atoms with Gasteiger partial charge in [-0.1, -0.05) is 36.0 Å². The standard InChI is InChI=1S/C19H15ClF3NO4S/c1-27-17-10(3-2-4-12(17)19(21,22)23)16-11-7-9(20)5-6-13(11)24-18(29)14(28-16)8-15(25)26/h2-7,14,16H,8H2,1H3,(H,24,29)(H,25,26)/t14-,16-/m0/s1. The van der Waals surface area contributed by atoms with Crippen LogP contribution in [0.2, 0.25) is 5.02 Å². The highest BCUT2D eigenvalue weighted by Crippen LogP contribution is 2.45. The number of thiocarbonyl (C=S) groups is 1. The van der Waals surface area contributed by atoms with Crippen molar-refractivity contribution in [2.45, 2.75) is 24.8 Å². The van der Waals surface area contributed by atoms with E-state index in [0.29, 0.717) is 16.3 Å². The molecule has 2 N–H and O–H groups in total. The van der Waals surface area contributed by atoms with Crippen molar-refractivity contribution in [1.82, 2.24) is 0 Å². The molecule has 0 saturated carbocycles. The number of hydrogen-bond donors (Lipinski definition) is 2. The number of para-hydroxylation sites is 1. The second-order valence-electron chi connectivity index (χ2n) is 6.25. The molecule has 5 nitrogen and oxygen atoms in total. The van der Waals surface area contributed by atoms with E-state index in [1.165, 1.54) is 18.2 Å². The predicted octanol–water partition coefficient (Wildman–Crippen LogP) is 5.07. The Balaban J connectivity index is 2.21. The van der Waals surface area contributed by atoms with Crippen molar-refractivity contribution >= 4 is 40.5 Å². The largest absolute Gasteiger partial charge is 0.496 e. The van der Waals surface area contributed by atoms with Crippen molar-refractivity contribution < 1.29 is 32.5 Å². The molecule has 0 saturated heterocycles. The third-order valence-corrected chi connectivity index (χ3v) is 4.94. The molecule has 29 heavy (non-hydrogen) atoms. The molecule has 10 heteroatoms. The SMILES string of the molecule is COc1c([C@@H]2O[C@@H](CC(=O)O)C(=S)Nc3ccc(Cl)cc32)cccc1C(F)(F)F. The van der Waals surface area contributed by atoms with Crippen LogP contribution in [0.25, 0.3) is 0 Å². The number of carboxylic acid groups (broad SMARTS) is 1. The van der Waals surface area contributed by atoms with Gasteiger partial charge in [0.1, 0.15) is 22.9 Å². The van der Waals surface area contributed by atoms with E-state index in [1.54, 1.807) is 12.1 Å². The maximum Gasteiger partial charge on any atom is 0.419 e. The van der Waals surface area contributed by atoms with E-state index >= 15 is 0 Å². The Morgan fingerprint density at radius 1 is 1.31 bits per heavy atom. The van der Waals surface area contributed by atoms with Gasteiger partial charge in [-0.3, -0.25) is 4.79 Å². The van der Waals surface area contributed by atoms with Gasteiger partial charge in [0.25, 0.3) is 0 Å². The molecule has 3 rings (SSSR count). The summed E-state index contributed by atoms with van der Waals surface area (Å²) in [6.45, 7) is 0. The minimum Gasteiger partial charge on any atom is -0.496 e. The lowest BCUT2D eigenvalue weighted by atomic mass is 9.96. The van der Waals surface area contributed by atoms with Gasteiger partial charge in [0.05, 0.1) is 19.1 Å². The molecule has 0 aliphatic carbocycles. The smallest absolute Gasteiger partial charge is 0.419 e. The van der Waals surface area contributed by atoms with Crippen LogP contribution in [-0.2, 0) is 15.7 Å². The molecule has 0 amide bonds. The van der Waals surface area contributed by atoms with E-state index in [0.717, 1.165) is 13.2 Å². The average Bonchev–Trinajstić information content (AvgIpc) is 2.77. The predicted molar refractivity (Wildman–Crippen MR) is 105 cm³/mol. The van der Waals surface area contributed by atoms with Crippen LogP contribution < -0.4 is 10.1 Å². The van der Waals surface area contributed by atoms with E-state index in [4.69, 9.17) is 33.3 Å². The second kappa shape index (κ2) is 8.17. The Labute approximate surface area is 174 Å². The maximum absolute atomic E-state index is 13.5. The zero-order valence-corrected chi connectivity index (χ0v) is 16.5. The number of carbonyl (C=O) groups is 1. The number of hydrogen-bond acceptors (Lipinski definition) is 4. The summed E-state index contributed by atoms with van der Waals surface area (Å²) in [5.41, 5.74) is -0.0332. The van der Waals surface area contributed by atoms with Crippen LogP contribution in [0.3, 0.4) is 0 Å². The van der Waals surface area contributed by atoms with Crippen molar-refractivity contribution in [2.24, 2.45) is 0 Å². The van der Waals surface area contributed by atoms with E-state index in [-0.39, 0.29) is 10.6 Å². The van der Waals surface area contributed by atoms with E-state index in [9.17, 15) is 23.1 Å². The number of aliphatic carboxylic acids is 1. The fraction of sp³-hybridized carbons (Fsp3) is 0.263. The Morgan fingerprint density at radius 3 is 2.66 bits per heavy atom. The van der Waals surface area contributed by atoms with Crippen LogP contribution in [0.5, 0.6) is 5.75 Å². The van der Waals surface area contributed by atoms with Gasteiger partial charge >= 0.3 is 12.1 Å². The first-order chi connectivity index (χ1) is 13.6. The van der Waals surface area contributed by atoms with Crippen molar-refractivity contribution in [1.29, 1.82) is 0 Å². The molecular formula is C19H15ClF3NO4S. The Kier molecular flexibility index (Phi) is 6.02. The number of fused-ring (bicyclic) bond motifs is 1. The molecule has 1 heterocycles. The summed E-state index contributed by atoms with van der Waals surface area (Å²) in [4.78, 5) is 11.3. The molecule has 2 aromatic carbocycles. The highest BCUT2D eigenvalue weighted by Gasteiger charge is 2.38. The molecule has 1 aliphatic heterocycles. The third kappa shape index (κ3) is 4.47. The fourth-order valence-corrected chi connectivity index (χ4v) is 3.56. The van der Waals surface area contributed by atoms with E-state index in [2.05, 4.69) is 5.32 Å². The molecule has 2 atom stereocenters. The lowest BCUT2D eigenvalue weighted by Gasteiger charge is -2.25. The summed E-state index contributed by atoms with van der Waals surface area (Å²) >= 11 is 11.3. The van der Waals surface area contributed by atoms with E-state index < -0.39 is 42.1 Å². The molecule has 1 aliphatic rings. The molecule has 0 aromatic heterocycles. The van der Waals surface area contributed by atoms with Crippen molar-refractivity contribution in [3.8, 4) is 5.75 Å². The Hall–Kier alpha value is -2.36. The fourth-order valence-electron chi connectivity index (χ4n) is 3.13. The number of methoxy groups -OCH3 is 1. The van der Waals surface area contributed by atoms with Crippen LogP contribution >= 0.6 is 23.8 Å². The van der Waals surface area contributed by atoms with Crippen molar-refractivity contribution in [2.75, 3.05) is 12.4 Å². The van der Waals surface area contributed by atoms with Crippen LogP contribution in [0.1, 0.15) is 29.2 Å². The molecule has 0 bridgehead atoms. The number of rotatable bonds is 4. The average molecular weight is 446 g/mol. The first-order valence-corrected chi connectivity index (χ1v) is 9.12. The first-order valence-electron chi connectivity index (χ1n) is 8.33. The number of halogens is 4. The Morgan fingerprint density at radius 2 is 2.03 bits per heavy atom. The molecule has 0 radical (unpaired) electrons. The number of ether oxygens (including phenoxy) is 2. The summed E-state index contributed by atoms with van der Waals surface area (Å²) < 4.78 is 51.4. The minimum atomic E-state index is -4.66. The highest BCUT2D eigenvalue weighted by atomic mass is 35.5. The molecule has 2 aromatic rings. The molecular weight excluding hydrogens is 431 g/mol. The summed E-state index contributed by atoms with van der Waals surface area (Å²) in [6, 6.07) is 8.26. The van der Waals surface area contributed by atoms with Crippen LogP contribution in [0.15, 0.2) is 36.4 Å². The van der Waals surface area contributed by atoms with Crippen LogP contribution in [0.4, 0.5) is 18.9 Å². The van der Waals surface area contributed by atoms with Gasteiger partial charge < -0.3 is 19.9 Å². The monoisotopic (exact) mass is 445 g/mol. The second-order valence-corrected chi connectivity index (χ2v) is 7.13. The maximum atomic E-state index is 13.5. The Bertz CT molecular complexity index is 967. The molecule has 154 valence electrons. The van der Waals surface area contributed by atoms with Gasteiger partial charge in [-0.15, -0.1) is 0 Å². The van der Waals surface area contributed by atoms with Gasteiger partial charge in [0.15, 0.2) is 0 Å². The molecule has 0 fully saturated rings. The van der Waals surface area contributed by atoms with Crippen molar-refractivity contribution in [3.05, 3.63) is 58.1 Å². The van der Waals surface area contributed by atoms with Crippen LogP contribution in [0, 0.1) is 0 Å². The van der Waals surface area contributed by atoms with Gasteiger partial charge in [0, 0.05) is 21.8 Å². The van der Waals surface area contributed by atoms with Gasteiger partial charge in [-0.05, 0) is 24.3 Å². The number of alkyl halides is 3. The summed E-state index contributed by atoms with van der Waals surface area (Å²) in [5.74, 6) is -1.59. The normalized spacial score (nSPS) is 19.1. The number of benzene rings is 2. The zero-order chi connectivity index (χ0) is 21.3. The molecule has 0 unspecified atom stereocenters. The van der Waals surface area contributed by atoms with Crippen LogP contribution in [-0.4, -0.2) is 29.3 Å². The highest BCUT2D eigenvalue weighted by molar-refractivity contribution is 7.80. The van der Waals surface area contributed by atoms with Gasteiger partial charge in [-0.2, -0.15) is 13.2 Å². The lowest BCUT2D eigenvalue weighted by Crippen LogP contribution is -2.30. The topological polar surface area (TPSA) is 67.8 Å². The quantitative estimate of drug-likeness (QED) is 0.640. The number of carboxylic acids is 1. The number of anilines is 1. The number of nitrogens with one attached hydrogen (secondary N) is 1.